The highest BCUT2D eigenvalue weighted by Crippen LogP contribution is 2.16. The van der Waals surface area contributed by atoms with Crippen molar-refractivity contribution in [3.63, 3.8) is 0 Å². The summed E-state index contributed by atoms with van der Waals surface area (Å²) >= 11 is 0. The fourth-order valence-electron chi connectivity index (χ4n) is 1.73. The van der Waals surface area contributed by atoms with Crippen molar-refractivity contribution < 1.29 is 0 Å². The maximum Gasteiger partial charge on any atom is -0.0317 e. The Balaban J connectivity index is 3.68. The first-order chi connectivity index (χ1) is 7.35. The van der Waals surface area contributed by atoms with E-state index in [2.05, 4.69) is 26.2 Å². The molecule has 0 aromatic heterocycles. The maximum atomic E-state index is 3.76. The molecule has 0 fully saturated rings. The van der Waals surface area contributed by atoms with Crippen LogP contribution in [0.2, 0.25) is 0 Å². The predicted octanol–water partition coefficient (Wildman–Crippen LogP) is 5.43. The van der Waals surface area contributed by atoms with Crippen molar-refractivity contribution in [3.8, 4) is 0 Å². The van der Waals surface area contributed by atoms with Gasteiger partial charge in [-0.3, -0.25) is 0 Å². The zero-order chi connectivity index (χ0) is 11.4. The highest BCUT2D eigenvalue weighted by atomic mass is 14.0. The van der Waals surface area contributed by atoms with Crippen LogP contribution < -0.4 is 0 Å². The highest BCUT2D eigenvalue weighted by Gasteiger charge is 1.96. The van der Waals surface area contributed by atoms with Crippen LogP contribution >= 0.6 is 0 Å². The van der Waals surface area contributed by atoms with Crippen molar-refractivity contribution in [2.24, 2.45) is 0 Å². The molecular weight excluding hydrogens is 180 g/mol. The predicted molar refractivity (Wildman–Crippen MR) is 71.1 cm³/mol. The summed E-state index contributed by atoms with van der Waals surface area (Å²) in [4.78, 5) is 0. The lowest BCUT2D eigenvalue weighted by Crippen LogP contribution is -1.86. The molecule has 0 nitrogen and oxygen atoms in total. The smallest absolute Gasteiger partial charge is 0.0317 e. The quantitative estimate of drug-likeness (QED) is 0.330. The summed E-state index contributed by atoms with van der Waals surface area (Å²) in [5, 5.41) is 0. The Morgan fingerprint density at radius 1 is 0.933 bits per heavy atom. The van der Waals surface area contributed by atoms with Crippen LogP contribution in [0.15, 0.2) is 37.0 Å². The highest BCUT2D eigenvalue weighted by molar-refractivity contribution is 5.01. The standard InChI is InChI=1S/C15H26/c1-4-7-9-11-14-15(12-6-3)13-10-8-5-2/h4-5,12H,1-2,6-11,13-14H2,3H3. The third kappa shape index (κ3) is 9.52. The molecule has 15 heavy (non-hydrogen) atoms. The van der Waals surface area contributed by atoms with Crippen LogP contribution in [0.4, 0.5) is 0 Å². The average molecular weight is 206 g/mol. The maximum absolute atomic E-state index is 3.76. The van der Waals surface area contributed by atoms with Crippen molar-refractivity contribution in [1.29, 1.82) is 0 Å². The fraction of sp³-hybridized carbons (Fsp3) is 0.600. The van der Waals surface area contributed by atoms with E-state index in [-0.39, 0.29) is 0 Å². The van der Waals surface area contributed by atoms with Gasteiger partial charge in [0.2, 0.25) is 0 Å². The van der Waals surface area contributed by atoms with Gasteiger partial charge >= 0.3 is 0 Å². The Morgan fingerprint density at radius 3 is 2.13 bits per heavy atom. The molecule has 0 aromatic rings. The van der Waals surface area contributed by atoms with Crippen molar-refractivity contribution in [2.45, 2.75) is 58.3 Å². The van der Waals surface area contributed by atoms with Crippen LogP contribution in [0.5, 0.6) is 0 Å². The molecule has 0 heteroatoms. The normalized spacial score (nSPS) is 11.4. The van der Waals surface area contributed by atoms with E-state index in [1.165, 1.54) is 38.5 Å². The van der Waals surface area contributed by atoms with E-state index >= 15 is 0 Å². The molecule has 0 aliphatic heterocycles. The Hall–Kier alpha value is -0.780. The first-order valence-corrected chi connectivity index (χ1v) is 6.24. The summed E-state index contributed by atoms with van der Waals surface area (Å²) in [6.45, 7) is 9.73. The molecule has 0 rings (SSSR count). The zero-order valence-electron chi connectivity index (χ0n) is 10.3. The van der Waals surface area contributed by atoms with Gasteiger partial charge in [0.1, 0.15) is 0 Å². The van der Waals surface area contributed by atoms with Crippen molar-refractivity contribution in [1.82, 2.24) is 0 Å². The third-order valence-electron chi connectivity index (χ3n) is 2.56. The van der Waals surface area contributed by atoms with Crippen LogP contribution in [0.25, 0.3) is 0 Å². The summed E-state index contributed by atoms with van der Waals surface area (Å²) < 4.78 is 0. The van der Waals surface area contributed by atoms with Crippen molar-refractivity contribution >= 4 is 0 Å². The number of hydrogen-bond acceptors (Lipinski definition) is 0. The minimum Gasteiger partial charge on any atom is -0.103 e. The van der Waals surface area contributed by atoms with Gasteiger partial charge in [0, 0.05) is 0 Å². The molecule has 0 amide bonds. The molecule has 0 unspecified atom stereocenters. The van der Waals surface area contributed by atoms with Gasteiger partial charge in [-0.05, 0) is 51.4 Å². The van der Waals surface area contributed by atoms with Gasteiger partial charge < -0.3 is 0 Å². The van der Waals surface area contributed by atoms with E-state index in [0.29, 0.717) is 0 Å². The second-order valence-electron chi connectivity index (χ2n) is 3.99. The van der Waals surface area contributed by atoms with Gasteiger partial charge in [-0.2, -0.15) is 0 Å². The van der Waals surface area contributed by atoms with Gasteiger partial charge in [-0.15, -0.1) is 13.2 Å². The number of hydrogen-bond donors (Lipinski definition) is 0. The molecule has 0 spiro atoms. The minimum absolute atomic E-state index is 1.15. The lowest BCUT2D eigenvalue weighted by molar-refractivity contribution is 0.700. The molecule has 0 aliphatic rings. The Labute approximate surface area is 95.8 Å². The van der Waals surface area contributed by atoms with Crippen LogP contribution in [0, 0.1) is 0 Å². The minimum atomic E-state index is 1.15. The van der Waals surface area contributed by atoms with Crippen molar-refractivity contribution in [3.05, 3.63) is 37.0 Å². The van der Waals surface area contributed by atoms with Crippen LogP contribution in [-0.2, 0) is 0 Å². The fourth-order valence-corrected chi connectivity index (χ4v) is 1.73. The first kappa shape index (κ1) is 14.2. The van der Waals surface area contributed by atoms with Gasteiger partial charge in [-0.25, -0.2) is 0 Å². The summed E-state index contributed by atoms with van der Waals surface area (Å²) in [6.07, 6.45) is 16.3. The number of allylic oxidation sites excluding steroid dienone is 4. The van der Waals surface area contributed by atoms with Crippen LogP contribution in [-0.4, -0.2) is 0 Å². The van der Waals surface area contributed by atoms with Gasteiger partial charge in [0.15, 0.2) is 0 Å². The van der Waals surface area contributed by atoms with E-state index in [4.69, 9.17) is 0 Å². The summed E-state index contributed by atoms with van der Waals surface area (Å²) in [7, 11) is 0. The van der Waals surface area contributed by atoms with Crippen LogP contribution in [0.3, 0.4) is 0 Å². The number of rotatable bonds is 10. The lowest BCUT2D eigenvalue weighted by Gasteiger charge is -2.06. The topological polar surface area (TPSA) is 0 Å². The average Bonchev–Trinajstić information content (AvgIpc) is 2.24. The van der Waals surface area contributed by atoms with Gasteiger partial charge in [0.25, 0.3) is 0 Å². The van der Waals surface area contributed by atoms with E-state index in [0.717, 1.165) is 12.8 Å². The summed E-state index contributed by atoms with van der Waals surface area (Å²) in [5.41, 5.74) is 1.64. The molecular formula is C15H26. The van der Waals surface area contributed by atoms with E-state index < -0.39 is 0 Å². The summed E-state index contributed by atoms with van der Waals surface area (Å²) in [6, 6.07) is 0. The first-order valence-electron chi connectivity index (χ1n) is 6.24. The molecule has 0 aliphatic carbocycles. The van der Waals surface area contributed by atoms with Crippen molar-refractivity contribution in [2.75, 3.05) is 0 Å². The molecule has 86 valence electrons. The number of unbranched alkanes of at least 4 members (excludes halogenated alkanes) is 3. The molecule has 0 radical (unpaired) electrons. The molecule has 0 N–H and O–H groups in total. The van der Waals surface area contributed by atoms with Crippen LogP contribution in [0.1, 0.15) is 58.3 Å². The van der Waals surface area contributed by atoms with E-state index in [1.54, 1.807) is 5.57 Å². The lowest BCUT2D eigenvalue weighted by atomic mass is 10.0. The second kappa shape index (κ2) is 11.3. The largest absolute Gasteiger partial charge is 0.103 e. The molecule has 0 atom stereocenters. The molecule has 0 heterocycles. The molecule has 0 saturated heterocycles. The second-order valence-corrected chi connectivity index (χ2v) is 3.99. The third-order valence-corrected chi connectivity index (χ3v) is 2.56. The monoisotopic (exact) mass is 206 g/mol. The Kier molecular flexibility index (Phi) is 10.7. The van der Waals surface area contributed by atoms with E-state index in [1.807, 2.05) is 12.2 Å². The van der Waals surface area contributed by atoms with E-state index in [9.17, 15) is 0 Å². The SMILES string of the molecule is C=CCCCCC(=CCC)CCCC=C. The van der Waals surface area contributed by atoms with Gasteiger partial charge in [0.05, 0.1) is 0 Å². The molecule has 0 bridgehead atoms. The molecule has 0 aromatic carbocycles. The Bertz CT molecular complexity index is 186. The molecule has 0 saturated carbocycles. The summed E-state index contributed by atoms with van der Waals surface area (Å²) in [5.74, 6) is 0. The van der Waals surface area contributed by atoms with Gasteiger partial charge in [-0.1, -0.05) is 30.7 Å². The zero-order valence-corrected chi connectivity index (χ0v) is 10.3. The Morgan fingerprint density at radius 2 is 1.53 bits per heavy atom.